The van der Waals surface area contributed by atoms with E-state index in [1.807, 2.05) is 18.2 Å². The van der Waals surface area contributed by atoms with E-state index in [0.29, 0.717) is 5.92 Å². The second kappa shape index (κ2) is 6.44. The summed E-state index contributed by atoms with van der Waals surface area (Å²) in [5.41, 5.74) is 3.71. The molecule has 0 radical (unpaired) electrons. The van der Waals surface area contributed by atoms with Gasteiger partial charge < -0.3 is 5.32 Å². The average molecular weight is 339 g/mol. The molecule has 2 aromatic rings. The van der Waals surface area contributed by atoms with E-state index in [-0.39, 0.29) is 0 Å². The zero-order valence-corrected chi connectivity index (χ0v) is 13.4. The summed E-state index contributed by atoms with van der Waals surface area (Å²) in [6.07, 6.45) is 0. The lowest BCUT2D eigenvalue weighted by Gasteiger charge is -2.09. The molecule has 1 N–H and O–H groups in total. The number of anilines is 1. The van der Waals surface area contributed by atoms with E-state index in [1.165, 1.54) is 11.1 Å². The first-order chi connectivity index (χ1) is 9.06. The van der Waals surface area contributed by atoms with Crippen molar-refractivity contribution >= 4 is 33.2 Å². The van der Waals surface area contributed by atoms with Crippen LogP contribution >= 0.6 is 27.5 Å². The highest BCUT2D eigenvalue weighted by molar-refractivity contribution is 9.10. The first-order valence-electron chi connectivity index (χ1n) is 6.34. The fourth-order valence-electron chi connectivity index (χ4n) is 1.83. The smallest absolute Gasteiger partial charge is 0.0549 e. The number of hydrogen-bond acceptors (Lipinski definition) is 1. The van der Waals surface area contributed by atoms with Gasteiger partial charge in [-0.3, -0.25) is 0 Å². The summed E-state index contributed by atoms with van der Waals surface area (Å²) in [5, 5.41) is 4.12. The van der Waals surface area contributed by atoms with Crippen molar-refractivity contribution in [3.8, 4) is 0 Å². The summed E-state index contributed by atoms with van der Waals surface area (Å²) in [6.45, 7) is 5.23. The van der Waals surface area contributed by atoms with Gasteiger partial charge >= 0.3 is 0 Å². The molecule has 0 atom stereocenters. The van der Waals surface area contributed by atoms with Crippen LogP contribution in [0, 0.1) is 0 Å². The molecule has 19 heavy (non-hydrogen) atoms. The zero-order chi connectivity index (χ0) is 13.8. The van der Waals surface area contributed by atoms with Crippen molar-refractivity contribution in [2.24, 2.45) is 0 Å². The van der Waals surface area contributed by atoms with Crippen LogP contribution in [0.1, 0.15) is 30.9 Å². The van der Waals surface area contributed by atoms with Crippen molar-refractivity contribution in [2.45, 2.75) is 26.3 Å². The van der Waals surface area contributed by atoms with Gasteiger partial charge in [0.1, 0.15) is 0 Å². The minimum atomic E-state index is 0.578. The Labute approximate surface area is 128 Å². The van der Waals surface area contributed by atoms with E-state index in [9.17, 15) is 0 Å². The Morgan fingerprint density at radius 2 is 1.79 bits per heavy atom. The molecule has 0 saturated heterocycles. The normalized spacial score (nSPS) is 10.8. The van der Waals surface area contributed by atoms with Crippen molar-refractivity contribution < 1.29 is 0 Å². The van der Waals surface area contributed by atoms with Gasteiger partial charge in [0.25, 0.3) is 0 Å². The fraction of sp³-hybridized carbons (Fsp3) is 0.250. The molecule has 0 aromatic heterocycles. The fourth-order valence-corrected chi connectivity index (χ4v) is 2.33. The Morgan fingerprint density at radius 1 is 1.11 bits per heavy atom. The second-order valence-corrected chi connectivity index (χ2v) is 6.14. The maximum Gasteiger partial charge on any atom is 0.0549 e. The standard InChI is InChI=1S/C16H17BrClN/c1-11(2)13-5-3-12(4-6-13)10-19-14-7-8-16(18)15(17)9-14/h3-9,11,19H,10H2,1-2H3. The molecular weight excluding hydrogens is 322 g/mol. The molecule has 100 valence electrons. The van der Waals surface area contributed by atoms with Crippen LogP contribution in [-0.4, -0.2) is 0 Å². The number of benzene rings is 2. The lowest BCUT2D eigenvalue weighted by Crippen LogP contribution is -1.99. The predicted molar refractivity (Wildman–Crippen MR) is 87.0 cm³/mol. The molecule has 0 spiro atoms. The van der Waals surface area contributed by atoms with Crippen molar-refractivity contribution in [3.05, 3.63) is 63.1 Å². The Morgan fingerprint density at radius 3 is 2.37 bits per heavy atom. The first-order valence-corrected chi connectivity index (χ1v) is 7.51. The SMILES string of the molecule is CC(C)c1ccc(CNc2ccc(Cl)c(Br)c2)cc1. The van der Waals surface area contributed by atoms with Gasteiger partial charge in [0.15, 0.2) is 0 Å². The Bertz CT molecular complexity index is 549. The zero-order valence-electron chi connectivity index (χ0n) is 11.1. The van der Waals surface area contributed by atoms with Crippen LogP contribution in [0.4, 0.5) is 5.69 Å². The van der Waals surface area contributed by atoms with E-state index in [4.69, 9.17) is 11.6 Å². The molecule has 1 nitrogen and oxygen atoms in total. The molecular formula is C16H17BrClN. The molecule has 2 rings (SSSR count). The Balaban J connectivity index is 2.00. The van der Waals surface area contributed by atoms with Crippen molar-refractivity contribution in [1.82, 2.24) is 0 Å². The van der Waals surface area contributed by atoms with Gasteiger partial charge in [0, 0.05) is 16.7 Å². The third-order valence-corrected chi connectivity index (χ3v) is 4.28. The molecule has 0 saturated carbocycles. The van der Waals surface area contributed by atoms with Crippen LogP contribution in [0.5, 0.6) is 0 Å². The van der Waals surface area contributed by atoms with Gasteiger partial charge in [-0.05, 0) is 51.2 Å². The lowest BCUT2D eigenvalue weighted by molar-refractivity contribution is 0.865. The summed E-state index contributed by atoms with van der Waals surface area (Å²) >= 11 is 9.40. The maximum absolute atomic E-state index is 5.97. The molecule has 3 heteroatoms. The Kier molecular flexibility index (Phi) is 4.89. The number of halogens is 2. The molecule has 0 amide bonds. The van der Waals surface area contributed by atoms with Gasteiger partial charge in [-0.1, -0.05) is 49.7 Å². The molecule has 0 fully saturated rings. The summed E-state index contributed by atoms with van der Waals surface area (Å²) in [4.78, 5) is 0. The maximum atomic E-state index is 5.97. The minimum absolute atomic E-state index is 0.578. The first kappa shape index (κ1) is 14.4. The lowest BCUT2D eigenvalue weighted by atomic mass is 10.0. The largest absolute Gasteiger partial charge is 0.381 e. The summed E-state index contributed by atoms with van der Waals surface area (Å²) in [7, 11) is 0. The van der Waals surface area contributed by atoms with Crippen LogP contribution in [0.25, 0.3) is 0 Å². The van der Waals surface area contributed by atoms with Gasteiger partial charge in [0.05, 0.1) is 5.02 Å². The highest BCUT2D eigenvalue weighted by Crippen LogP contribution is 2.25. The van der Waals surface area contributed by atoms with Crippen LogP contribution in [0.3, 0.4) is 0 Å². The average Bonchev–Trinajstić information content (AvgIpc) is 2.40. The quantitative estimate of drug-likeness (QED) is 0.738. The van der Waals surface area contributed by atoms with Crippen molar-refractivity contribution in [2.75, 3.05) is 5.32 Å². The molecule has 0 unspecified atom stereocenters. The van der Waals surface area contributed by atoms with Crippen molar-refractivity contribution in [3.63, 3.8) is 0 Å². The highest BCUT2D eigenvalue weighted by atomic mass is 79.9. The summed E-state index contributed by atoms with van der Waals surface area (Å²) < 4.78 is 0.911. The monoisotopic (exact) mass is 337 g/mol. The topological polar surface area (TPSA) is 12.0 Å². The summed E-state index contributed by atoms with van der Waals surface area (Å²) in [5.74, 6) is 0.578. The van der Waals surface area contributed by atoms with E-state index in [2.05, 4.69) is 59.4 Å². The Hall–Kier alpha value is -0.990. The van der Waals surface area contributed by atoms with Gasteiger partial charge in [-0.2, -0.15) is 0 Å². The van der Waals surface area contributed by atoms with Gasteiger partial charge in [-0.25, -0.2) is 0 Å². The van der Waals surface area contributed by atoms with E-state index >= 15 is 0 Å². The molecule has 0 aliphatic carbocycles. The third kappa shape index (κ3) is 3.99. The van der Waals surface area contributed by atoms with E-state index < -0.39 is 0 Å². The number of nitrogens with one attached hydrogen (secondary N) is 1. The molecule has 0 heterocycles. The van der Waals surface area contributed by atoms with Crippen LogP contribution < -0.4 is 5.32 Å². The predicted octanol–water partition coefficient (Wildman–Crippen LogP) is 5.84. The van der Waals surface area contributed by atoms with Crippen LogP contribution in [-0.2, 0) is 6.54 Å². The molecule has 0 bridgehead atoms. The van der Waals surface area contributed by atoms with E-state index in [0.717, 1.165) is 21.7 Å². The highest BCUT2D eigenvalue weighted by Gasteiger charge is 2.01. The number of hydrogen-bond donors (Lipinski definition) is 1. The van der Waals surface area contributed by atoms with Gasteiger partial charge in [-0.15, -0.1) is 0 Å². The van der Waals surface area contributed by atoms with Crippen LogP contribution in [0.15, 0.2) is 46.9 Å². The van der Waals surface area contributed by atoms with Gasteiger partial charge in [0.2, 0.25) is 0 Å². The van der Waals surface area contributed by atoms with Crippen molar-refractivity contribution in [1.29, 1.82) is 0 Å². The molecule has 0 aliphatic rings. The molecule has 2 aromatic carbocycles. The minimum Gasteiger partial charge on any atom is -0.381 e. The van der Waals surface area contributed by atoms with Crippen LogP contribution in [0.2, 0.25) is 5.02 Å². The molecule has 0 aliphatic heterocycles. The summed E-state index contributed by atoms with van der Waals surface area (Å²) in [6, 6.07) is 14.6. The second-order valence-electron chi connectivity index (χ2n) is 4.88. The number of rotatable bonds is 4. The van der Waals surface area contributed by atoms with E-state index in [1.54, 1.807) is 0 Å². The third-order valence-electron chi connectivity index (χ3n) is 3.06.